The fraction of sp³-hybridized carbons (Fsp3) is 0.647. The molecule has 2 rings (SSSR count). The highest BCUT2D eigenvalue weighted by atomic mass is 35.5. The third-order valence-electron chi connectivity index (χ3n) is 4.48. The molecule has 6 nitrogen and oxygen atoms in total. The number of aliphatic hydroxyl groups excluding tert-OH is 5. The number of aliphatic hydroxyl groups is 5. The van der Waals surface area contributed by atoms with Crippen LogP contribution in [0.1, 0.15) is 11.1 Å². The van der Waals surface area contributed by atoms with Gasteiger partial charge in [-0.3, -0.25) is 0 Å². The zero-order valence-corrected chi connectivity index (χ0v) is 16.4. The minimum absolute atomic E-state index is 0. The van der Waals surface area contributed by atoms with Crippen LogP contribution < -0.4 is 12.4 Å². The Balaban J connectivity index is 0.00000392. The highest BCUT2D eigenvalue weighted by molar-refractivity contribution is 7.97. The molecule has 1 unspecified atom stereocenters. The Labute approximate surface area is 169 Å². The Kier molecular flexibility index (Phi) is 9.98. The minimum atomic E-state index is -4.48. The van der Waals surface area contributed by atoms with Crippen molar-refractivity contribution >= 4 is 10.9 Å². The van der Waals surface area contributed by atoms with Crippen molar-refractivity contribution in [2.45, 2.75) is 42.4 Å². The van der Waals surface area contributed by atoms with Crippen LogP contribution in [0.3, 0.4) is 0 Å². The van der Waals surface area contributed by atoms with E-state index in [0.29, 0.717) is 0 Å². The lowest BCUT2D eigenvalue weighted by Crippen LogP contribution is -3.00. The van der Waals surface area contributed by atoms with E-state index >= 15 is 0 Å². The van der Waals surface area contributed by atoms with Gasteiger partial charge in [-0.25, -0.2) is 0 Å². The van der Waals surface area contributed by atoms with Crippen molar-refractivity contribution in [3.8, 4) is 0 Å². The molecule has 0 saturated carbocycles. The van der Waals surface area contributed by atoms with E-state index in [1.165, 1.54) is 12.1 Å². The molecule has 28 heavy (non-hydrogen) atoms. The normalized spacial score (nSPS) is 27.3. The van der Waals surface area contributed by atoms with Crippen LogP contribution in [0.4, 0.5) is 13.2 Å². The number of rotatable bonds is 8. The third kappa shape index (κ3) is 6.46. The number of benzene rings is 1. The van der Waals surface area contributed by atoms with E-state index in [1.807, 2.05) is 0 Å². The number of hydrogen-bond acceptors (Lipinski definition) is 6. The highest BCUT2D eigenvalue weighted by Crippen LogP contribution is 2.30. The minimum Gasteiger partial charge on any atom is -1.00 e. The second-order valence-corrected chi connectivity index (χ2v) is 8.79. The van der Waals surface area contributed by atoms with E-state index in [2.05, 4.69) is 0 Å². The lowest BCUT2D eigenvalue weighted by Gasteiger charge is -2.22. The molecule has 1 aromatic carbocycles. The van der Waals surface area contributed by atoms with Gasteiger partial charge < -0.3 is 42.7 Å². The Morgan fingerprint density at radius 3 is 2.46 bits per heavy atom. The van der Waals surface area contributed by atoms with Gasteiger partial charge in [0.1, 0.15) is 35.9 Å². The first-order chi connectivity index (χ1) is 12.7. The summed E-state index contributed by atoms with van der Waals surface area (Å²) in [6.45, 7) is -1.12. The Hall–Kier alpha value is -0.590. The van der Waals surface area contributed by atoms with Gasteiger partial charge in [0, 0.05) is 10.9 Å². The van der Waals surface area contributed by atoms with E-state index in [4.69, 9.17) is 4.74 Å². The van der Waals surface area contributed by atoms with Crippen LogP contribution in [-0.2, 0) is 28.4 Å². The molecule has 1 heterocycles. The van der Waals surface area contributed by atoms with Gasteiger partial charge in [0.05, 0.1) is 25.4 Å². The van der Waals surface area contributed by atoms with Gasteiger partial charge in [0.25, 0.3) is 0 Å². The van der Waals surface area contributed by atoms with Gasteiger partial charge in [0.15, 0.2) is 5.25 Å². The first-order valence-corrected chi connectivity index (χ1v) is 10.00. The number of ether oxygens (including phenoxy) is 1. The predicted molar refractivity (Wildman–Crippen MR) is 93.1 cm³/mol. The summed E-state index contributed by atoms with van der Waals surface area (Å²) in [5.41, 5.74) is -0.566. The first kappa shape index (κ1) is 25.4. The molecular weight excluding hydrogens is 425 g/mol. The molecule has 6 atom stereocenters. The lowest BCUT2D eigenvalue weighted by atomic mass is 10.1. The van der Waals surface area contributed by atoms with Crippen molar-refractivity contribution in [3.05, 3.63) is 35.4 Å². The van der Waals surface area contributed by atoms with Crippen LogP contribution in [0.2, 0.25) is 0 Å². The molecule has 0 amide bonds. The maximum Gasteiger partial charge on any atom is 0.416 e. The molecule has 5 N–H and O–H groups in total. The highest BCUT2D eigenvalue weighted by Gasteiger charge is 2.50. The summed E-state index contributed by atoms with van der Waals surface area (Å²) in [6, 6.07) is 4.58. The summed E-state index contributed by atoms with van der Waals surface area (Å²) in [6.07, 6.45) is -8.74. The summed E-state index contributed by atoms with van der Waals surface area (Å²) in [7, 11) is -0.681. The van der Waals surface area contributed by atoms with Gasteiger partial charge in [-0.15, -0.1) is 0 Å². The Morgan fingerprint density at radius 2 is 1.89 bits per heavy atom. The summed E-state index contributed by atoms with van der Waals surface area (Å²) < 4.78 is 43.6. The topological polar surface area (TPSA) is 110 Å². The average Bonchev–Trinajstić information content (AvgIpc) is 2.88. The molecule has 1 aliphatic rings. The molecule has 1 aliphatic heterocycles. The van der Waals surface area contributed by atoms with E-state index in [0.717, 1.165) is 12.1 Å². The fourth-order valence-corrected chi connectivity index (χ4v) is 5.65. The smallest absolute Gasteiger partial charge is 0.416 e. The van der Waals surface area contributed by atoms with Crippen molar-refractivity contribution in [3.63, 3.8) is 0 Å². The van der Waals surface area contributed by atoms with Crippen molar-refractivity contribution in [2.75, 3.05) is 24.7 Å². The molecule has 0 bridgehead atoms. The molecular formula is C17H24ClF3O6S. The molecule has 1 fully saturated rings. The van der Waals surface area contributed by atoms with Crippen LogP contribution in [-0.4, -0.2) is 79.9 Å². The summed E-state index contributed by atoms with van der Waals surface area (Å²) >= 11 is 0. The second-order valence-electron chi connectivity index (χ2n) is 6.45. The number of alkyl halides is 3. The van der Waals surface area contributed by atoms with Gasteiger partial charge in [-0.2, -0.15) is 13.2 Å². The maximum absolute atomic E-state index is 12.7. The second kappa shape index (κ2) is 11.0. The number of halogens is 4. The standard InChI is InChI=1S/C17H24F3O6S.ClH/c18-17(19,20)11-3-1-2-10(4-11)7-26-14(5-21)12(23)8-27-9-13(24)16(25)15(27)6-22;/h1-4,12-16,21-25H,5-9H2;1H/q+1;/p-1/t12-,13-,14+,15-,16+,27?;/m1./s1. The van der Waals surface area contributed by atoms with Crippen LogP contribution in [0.25, 0.3) is 0 Å². The Morgan fingerprint density at radius 1 is 1.21 bits per heavy atom. The van der Waals surface area contributed by atoms with Crippen LogP contribution >= 0.6 is 0 Å². The zero-order valence-electron chi connectivity index (χ0n) is 14.8. The largest absolute Gasteiger partial charge is 1.00 e. The molecule has 162 valence electrons. The van der Waals surface area contributed by atoms with E-state index < -0.39 is 58.9 Å². The van der Waals surface area contributed by atoms with Crippen molar-refractivity contribution in [1.29, 1.82) is 0 Å². The SMILES string of the molecule is OC[C@H](OCc1cccc(C(F)(F)F)c1)[C@H](O)C[S+]1C[C@@H](O)[C@H](O)[C@H]1CO.[Cl-]. The molecule has 1 aromatic rings. The fourth-order valence-electron chi connectivity index (χ4n) is 2.94. The summed E-state index contributed by atoms with van der Waals surface area (Å²) in [5, 5.41) is 48.1. The van der Waals surface area contributed by atoms with Crippen LogP contribution in [0, 0.1) is 0 Å². The Bertz CT molecular complexity index is 609. The molecule has 11 heteroatoms. The van der Waals surface area contributed by atoms with Crippen LogP contribution in [0.5, 0.6) is 0 Å². The zero-order chi connectivity index (χ0) is 20.2. The van der Waals surface area contributed by atoms with Gasteiger partial charge in [-0.05, 0) is 17.7 Å². The summed E-state index contributed by atoms with van der Waals surface area (Å²) in [4.78, 5) is 0. The molecule has 1 saturated heterocycles. The van der Waals surface area contributed by atoms with Crippen molar-refractivity contribution < 1.29 is 55.8 Å². The van der Waals surface area contributed by atoms with Gasteiger partial charge in [-0.1, -0.05) is 12.1 Å². The van der Waals surface area contributed by atoms with E-state index in [-0.39, 0.29) is 42.7 Å². The maximum atomic E-state index is 12.7. The first-order valence-electron chi connectivity index (χ1n) is 8.37. The molecule has 0 spiro atoms. The molecule has 0 aliphatic carbocycles. The summed E-state index contributed by atoms with van der Waals surface area (Å²) in [5.74, 6) is 0.308. The average molecular weight is 449 g/mol. The van der Waals surface area contributed by atoms with E-state index in [1.54, 1.807) is 0 Å². The quantitative estimate of drug-likeness (QED) is 0.266. The van der Waals surface area contributed by atoms with Crippen molar-refractivity contribution in [1.82, 2.24) is 0 Å². The molecule has 0 aromatic heterocycles. The predicted octanol–water partition coefficient (Wildman–Crippen LogP) is -3.34. The van der Waals surface area contributed by atoms with Gasteiger partial charge >= 0.3 is 6.18 Å². The third-order valence-corrected chi connectivity index (χ3v) is 7.30. The van der Waals surface area contributed by atoms with Gasteiger partial charge in [0.2, 0.25) is 0 Å². The monoisotopic (exact) mass is 448 g/mol. The van der Waals surface area contributed by atoms with Crippen molar-refractivity contribution in [2.24, 2.45) is 0 Å². The molecule has 0 radical (unpaired) electrons. The number of hydrogen-bond donors (Lipinski definition) is 5. The lowest BCUT2D eigenvalue weighted by molar-refractivity contribution is -0.137. The van der Waals surface area contributed by atoms with E-state index in [9.17, 15) is 38.7 Å². The van der Waals surface area contributed by atoms with Crippen LogP contribution in [0.15, 0.2) is 24.3 Å².